The molecule has 1 aromatic rings. The van der Waals surface area contributed by atoms with E-state index in [0.717, 1.165) is 0 Å². The maximum atomic E-state index is 8.74. The van der Waals surface area contributed by atoms with Gasteiger partial charge < -0.3 is 5.11 Å². The van der Waals surface area contributed by atoms with E-state index in [-0.39, 0.29) is 10.8 Å². The zero-order valence-electron chi connectivity index (χ0n) is 3.98. The molecule has 0 fully saturated rings. The lowest BCUT2D eigenvalue weighted by Crippen LogP contribution is -1.59. The maximum absolute atomic E-state index is 8.74. The van der Waals surface area contributed by atoms with Crippen molar-refractivity contribution >= 4 is 11.6 Å². The number of aromatic hydroxyl groups is 1. The van der Waals surface area contributed by atoms with Crippen LogP contribution < -0.4 is 0 Å². The van der Waals surface area contributed by atoms with Crippen molar-refractivity contribution in [3.63, 3.8) is 0 Å². The molecule has 40 valence electrons. The summed E-state index contributed by atoms with van der Waals surface area (Å²) >= 11 is 5.37. The summed E-state index contributed by atoms with van der Waals surface area (Å²) in [6, 6.07) is 8.07. The normalized spacial score (nSPS) is 8.12. The Hall–Kier alpha value is -0.870. The van der Waals surface area contributed by atoms with Crippen LogP contribution in [0.15, 0.2) is 12.1 Å². The van der Waals surface area contributed by atoms with Gasteiger partial charge >= 0.3 is 0 Å². The summed E-state index contributed by atoms with van der Waals surface area (Å²) in [5, 5.41) is 8.95. The molecule has 8 heavy (non-hydrogen) atoms. The molecule has 2 heteroatoms. The topological polar surface area (TPSA) is 20.2 Å². The second-order valence-electron chi connectivity index (χ2n) is 1.30. The van der Waals surface area contributed by atoms with Gasteiger partial charge in [0.25, 0.3) is 0 Å². The first-order valence-electron chi connectivity index (χ1n) is 2.07. The van der Waals surface area contributed by atoms with E-state index in [2.05, 4.69) is 12.1 Å². The molecule has 0 bridgehead atoms. The van der Waals surface area contributed by atoms with E-state index in [1.165, 1.54) is 6.07 Å². The zero-order valence-corrected chi connectivity index (χ0v) is 4.74. The molecule has 0 atom stereocenters. The van der Waals surface area contributed by atoms with Crippen molar-refractivity contribution in [1.82, 2.24) is 0 Å². The number of halogens is 1. The van der Waals surface area contributed by atoms with Crippen molar-refractivity contribution in [3.8, 4) is 5.75 Å². The van der Waals surface area contributed by atoms with Crippen molar-refractivity contribution in [1.29, 1.82) is 0 Å². The molecule has 0 heterocycles. The highest BCUT2D eigenvalue weighted by Crippen LogP contribution is 2.17. The number of hydrogen-bond acceptors (Lipinski definition) is 1. The van der Waals surface area contributed by atoms with Gasteiger partial charge in [-0.25, -0.2) is 0 Å². The minimum absolute atomic E-state index is 0.0467. The molecule has 0 aromatic heterocycles. The average molecular weight is 127 g/mol. The van der Waals surface area contributed by atoms with Crippen LogP contribution in [0, 0.1) is 12.1 Å². The van der Waals surface area contributed by atoms with Gasteiger partial charge in [0, 0.05) is 0 Å². The molecule has 1 rings (SSSR count). The molecule has 0 radical (unpaired) electrons. The molecule has 0 spiro atoms. The van der Waals surface area contributed by atoms with Crippen molar-refractivity contribution < 1.29 is 5.11 Å². The number of rotatable bonds is 0. The highest BCUT2D eigenvalue weighted by Gasteiger charge is 1.88. The molecular formula is C6H3ClO. The quantitative estimate of drug-likeness (QED) is 0.561. The third kappa shape index (κ3) is 0.853. The zero-order chi connectivity index (χ0) is 5.98. The first-order chi connectivity index (χ1) is 3.80. The largest absolute Gasteiger partial charge is 0.506 e. The SMILES string of the molecule is Oc1ccc#cc1Cl. The predicted molar refractivity (Wildman–Crippen MR) is 30.8 cm³/mol. The molecule has 0 unspecified atom stereocenters. The van der Waals surface area contributed by atoms with Gasteiger partial charge in [0.05, 0.1) is 0 Å². The molecule has 0 saturated carbocycles. The minimum atomic E-state index is 0.0467. The summed E-state index contributed by atoms with van der Waals surface area (Å²) in [4.78, 5) is 0. The van der Waals surface area contributed by atoms with E-state index >= 15 is 0 Å². The monoisotopic (exact) mass is 126 g/mol. The van der Waals surface area contributed by atoms with E-state index in [1.807, 2.05) is 0 Å². The lowest BCUT2D eigenvalue weighted by molar-refractivity contribution is 0.476. The van der Waals surface area contributed by atoms with Crippen LogP contribution in [0.4, 0.5) is 0 Å². The fourth-order valence-electron chi connectivity index (χ4n) is 0.363. The van der Waals surface area contributed by atoms with Crippen molar-refractivity contribution in [3.05, 3.63) is 29.3 Å². The van der Waals surface area contributed by atoms with Crippen molar-refractivity contribution in [2.45, 2.75) is 0 Å². The van der Waals surface area contributed by atoms with Gasteiger partial charge in [-0.05, 0) is 18.2 Å². The van der Waals surface area contributed by atoms with Gasteiger partial charge in [-0.2, -0.15) is 0 Å². The smallest absolute Gasteiger partial charge is 0.143 e. The van der Waals surface area contributed by atoms with Crippen LogP contribution in [0.2, 0.25) is 5.02 Å². The summed E-state index contributed by atoms with van der Waals surface area (Å²) in [6.45, 7) is 0. The van der Waals surface area contributed by atoms with Gasteiger partial charge in [0.1, 0.15) is 10.8 Å². The molecule has 1 aromatic carbocycles. The van der Waals surface area contributed by atoms with Crippen LogP contribution >= 0.6 is 11.6 Å². The van der Waals surface area contributed by atoms with E-state index < -0.39 is 0 Å². The molecule has 0 aliphatic carbocycles. The molecule has 1 N–H and O–H groups in total. The van der Waals surface area contributed by atoms with Gasteiger partial charge in [-0.15, -0.1) is 0 Å². The lowest BCUT2D eigenvalue weighted by Gasteiger charge is -1.85. The molecule has 0 aliphatic heterocycles. The Morgan fingerprint density at radius 3 is 2.75 bits per heavy atom. The number of hydrogen-bond donors (Lipinski definition) is 1. The Bertz CT molecular complexity index is 165. The predicted octanol–water partition coefficient (Wildman–Crippen LogP) is 1.65. The van der Waals surface area contributed by atoms with Crippen LogP contribution in [0.5, 0.6) is 5.75 Å². The average Bonchev–Trinajstić information content (AvgIpc) is 1.77. The summed E-state index contributed by atoms with van der Waals surface area (Å²) in [7, 11) is 0. The van der Waals surface area contributed by atoms with Gasteiger partial charge in [0.15, 0.2) is 0 Å². The fourth-order valence-corrected chi connectivity index (χ4v) is 0.480. The van der Waals surface area contributed by atoms with Gasteiger partial charge in [-0.1, -0.05) is 17.7 Å². The van der Waals surface area contributed by atoms with Gasteiger partial charge in [-0.3, -0.25) is 0 Å². The Balaban J connectivity index is 3.13. The molecule has 0 saturated heterocycles. The van der Waals surface area contributed by atoms with Gasteiger partial charge in [0.2, 0.25) is 0 Å². The van der Waals surface area contributed by atoms with Crippen LogP contribution in [0.3, 0.4) is 0 Å². The molecule has 0 aliphatic rings. The highest BCUT2D eigenvalue weighted by atomic mass is 35.5. The van der Waals surface area contributed by atoms with E-state index in [9.17, 15) is 0 Å². The summed E-state index contributed by atoms with van der Waals surface area (Å²) in [5.74, 6) is 0.0467. The standard InChI is InChI=1S/C6H3ClO/c7-5-3-1-2-4-6(5)8/h2,4,8H. The Morgan fingerprint density at radius 2 is 2.38 bits per heavy atom. The molecular weight excluding hydrogens is 124 g/mol. The Morgan fingerprint density at radius 1 is 1.62 bits per heavy atom. The maximum Gasteiger partial charge on any atom is 0.143 e. The summed E-state index contributed by atoms with van der Waals surface area (Å²) in [6.07, 6.45) is 0. The lowest BCUT2D eigenvalue weighted by atomic mass is 10.4. The Kier molecular flexibility index (Phi) is 1.27. The Labute approximate surface area is 52.5 Å². The third-order valence-electron chi connectivity index (χ3n) is 0.731. The first kappa shape index (κ1) is 5.27. The summed E-state index contributed by atoms with van der Waals surface area (Å²) < 4.78 is 0. The minimum Gasteiger partial charge on any atom is -0.506 e. The first-order valence-corrected chi connectivity index (χ1v) is 2.45. The second kappa shape index (κ2) is 1.94. The van der Waals surface area contributed by atoms with Crippen LogP contribution in [-0.2, 0) is 0 Å². The van der Waals surface area contributed by atoms with Crippen molar-refractivity contribution in [2.75, 3.05) is 0 Å². The van der Waals surface area contributed by atoms with E-state index in [0.29, 0.717) is 0 Å². The van der Waals surface area contributed by atoms with Crippen LogP contribution in [0.1, 0.15) is 0 Å². The molecule has 0 amide bonds. The molecule has 1 nitrogen and oxygen atoms in total. The summed E-state index contributed by atoms with van der Waals surface area (Å²) in [5.41, 5.74) is 0. The van der Waals surface area contributed by atoms with Crippen LogP contribution in [-0.4, -0.2) is 5.11 Å². The fraction of sp³-hybridized carbons (Fsp3) is 0. The highest BCUT2D eigenvalue weighted by molar-refractivity contribution is 6.31. The third-order valence-corrected chi connectivity index (χ3v) is 1.02. The van der Waals surface area contributed by atoms with E-state index in [1.54, 1.807) is 6.07 Å². The van der Waals surface area contributed by atoms with E-state index in [4.69, 9.17) is 16.7 Å². The second-order valence-corrected chi connectivity index (χ2v) is 1.68. The van der Waals surface area contributed by atoms with Crippen LogP contribution in [0.25, 0.3) is 0 Å². The van der Waals surface area contributed by atoms with Crippen molar-refractivity contribution in [2.24, 2.45) is 0 Å².